The summed E-state index contributed by atoms with van der Waals surface area (Å²) >= 11 is 0. The van der Waals surface area contributed by atoms with Gasteiger partial charge in [0.15, 0.2) is 5.82 Å². The maximum absolute atomic E-state index is 13.4. The molecule has 6 nitrogen and oxygen atoms in total. The Morgan fingerprint density at radius 3 is 2.89 bits per heavy atom. The number of aryl methyl sites for hydroxylation is 1. The Kier molecular flexibility index (Phi) is 3.22. The van der Waals surface area contributed by atoms with E-state index in [4.69, 9.17) is 9.84 Å². The quantitative estimate of drug-likeness (QED) is 0.884. The number of carboxylic acids is 1. The zero-order chi connectivity index (χ0) is 13.1. The highest BCUT2D eigenvalue weighted by Gasteiger charge is 2.11. The molecule has 1 aromatic heterocycles. The first-order valence-corrected chi connectivity index (χ1v) is 5.06. The maximum Gasteiger partial charge on any atom is 0.338 e. The van der Waals surface area contributed by atoms with Crippen molar-refractivity contribution in [2.24, 2.45) is 7.05 Å². The first kappa shape index (κ1) is 12.0. The lowest BCUT2D eigenvalue weighted by Gasteiger charge is -2.06. The molecule has 0 spiro atoms. The maximum atomic E-state index is 13.4. The molecule has 0 fully saturated rings. The minimum Gasteiger partial charge on any atom is -0.486 e. The van der Waals surface area contributed by atoms with Crippen LogP contribution in [0.25, 0.3) is 0 Å². The molecule has 0 aliphatic carbocycles. The van der Waals surface area contributed by atoms with Crippen LogP contribution in [0, 0.1) is 5.82 Å². The summed E-state index contributed by atoms with van der Waals surface area (Å²) < 4.78 is 20.2. The summed E-state index contributed by atoms with van der Waals surface area (Å²) in [5.41, 5.74) is -0.388. The lowest BCUT2D eigenvalue weighted by molar-refractivity contribution is 0.0692. The van der Waals surface area contributed by atoms with Gasteiger partial charge in [0, 0.05) is 13.1 Å². The fourth-order valence-electron chi connectivity index (χ4n) is 1.36. The van der Waals surface area contributed by atoms with Gasteiger partial charge in [-0.1, -0.05) is 0 Å². The van der Waals surface area contributed by atoms with Gasteiger partial charge in [0.25, 0.3) is 0 Å². The van der Waals surface area contributed by atoms with Crippen molar-refractivity contribution in [1.29, 1.82) is 0 Å². The van der Waals surface area contributed by atoms with Gasteiger partial charge in [-0.3, -0.25) is 4.68 Å². The van der Waals surface area contributed by atoms with Crippen molar-refractivity contribution in [3.8, 4) is 5.75 Å². The van der Waals surface area contributed by atoms with Crippen LogP contribution in [0.2, 0.25) is 0 Å². The number of aromatic carboxylic acids is 1. The summed E-state index contributed by atoms with van der Waals surface area (Å²) in [5.74, 6) is -1.33. The minimum absolute atomic E-state index is 0.127. The molecule has 2 rings (SSSR count). The summed E-state index contributed by atoms with van der Waals surface area (Å²) in [7, 11) is 1.71. The summed E-state index contributed by atoms with van der Waals surface area (Å²) in [4.78, 5) is 14.6. The van der Waals surface area contributed by atoms with E-state index in [-0.39, 0.29) is 17.9 Å². The van der Waals surface area contributed by atoms with Crippen LogP contribution in [-0.2, 0) is 13.7 Å². The molecule has 7 heteroatoms. The zero-order valence-electron chi connectivity index (χ0n) is 9.50. The van der Waals surface area contributed by atoms with Crippen LogP contribution in [0.15, 0.2) is 24.5 Å². The summed E-state index contributed by atoms with van der Waals surface area (Å²) in [6.07, 6.45) is 1.38. The predicted molar refractivity (Wildman–Crippen MR) is 58.7 cm³/mol. The fraction of sp³-hybridized carbons (Fsp3) is 0.182. The molecule has 2 aromatic rings. The van der Waals surface area contributed by atoms with Crippen molar-refractivity contribution >= 4 is 5.97 Å². The Hall–Kier alpha value is -2.44. The molecule has 94 valence electrons. The molecule has 1 N–H and O–H groups in total. The molecule has 0 saturated carbocycles. The van der Waals surface area contributed by atoms with Crippen molar-refractivity contribution in [3.63, 3.8) is 0 Å². The van der Waals surface area contributed by atoms with Crippen LogP contribution in [0.4, 0.5) is 4.39 Å². The molecule has 0 bridgehead atoms. The normalized spacial score (nSPS) is 10.3. The van der Waals surface area contributed by atoms with Crippen molar-refractivity contribution in [3.05, 3.63) is 41.7 Å². The molecule has 1 heterocycles. The van der Waals surface area contributed by atoms with E-state index in [1.165, 1.54) is 17.1 Å². The number of rotatable bonds is 4. The predicted octanol–water partition coefficient (Wildman–Crippen LogP) is 1.23. The lowest BCUT2D eigenvalue weighted by Crippen LogP contribution is -2.05. The van der Waals surface area contributed by atoms with E-state index in [0.717, 1.165) is 12.1 Å². The Bertz CT molecular complexity index is 583. The number of carboxylic acid groups (broad SMARTS) is 1. The Morgan fingerprint density at radius 1 is 1.56 bits per heavy atom. The standard InChI is InChI=1S/C11H10FN3O3/c1-15-10(13-6-14-15)5-18-7-2-3-8(11(16)17)9(12)4-7/h2-4,6H,5H2,1H3,(H,16,17). The van der Waals surface area contributed by atoms with Gasteiger partial charge in [-0.05, 0) is 12.1 Å². The molecule has 0 unspecified atom stereocenters. The van der Waals surface area contributed by atoms with E-state index in [1.54, 1.807) is 7.05 Å². The second kappa shape index (κ2) is 4.82. The summed E-state index contributed by atoms with van der Waals surface area (Å²) in [6, 6.07) is 3.58. The van der Waals surface area contributed by atoms with E-state index in [2.05, 4.69) is 10.1 Å². The molecule has 1 aromatic carbocycles. The van der Waals surface area contributed by atoms with E-state index in [9.17, 15) is 9.18 Å². The number of hydrogen-bond acceptors (Lipinski definition) is 4. The van der Waals surface area contributed by atoms with Crippen LogP contribution >= 0.6 is 0 Å². The molecule has 0 aliphatic rings. The minimum atomic E-state index is -1.31. The van der Waals surface area contributed by atoms with Gasteiger partial charge >= 0.3 is 5.97 Å². The first-order valence-electron chi connectivity index (χ1n) is 5.06. The fourth-order valence-corrected chi connectivity index (χ4v) is 1.36. The van der Waals surface area contributed by atoms with Gasteiger partial charge in [-0.15, -0.1) is 0 Å². The Labute approximate surface area is 102 Å². The monoisotopic (exact) mass is 251 g/mol. The summed E-state index contributed by atoms with van der Waals surface area (Å²) in [5, 5.41) is 12.5. The third-order valence-electron chi connectivity index (χ3n) is 2.34. The lowest BCUT2D eigenvalue weighted by atomic mass is 10.2. The highest BCUT2D eigenvalue weighted by atomic mass is 19.1. The number of benzene rings is 1. The largest absolute Gasteiger partial charge is 0.486 e. The Morgan fingerprint density at radius 2 is 2.33 bits per heavy atom. The zero-order valence-corrected chi connectivity index (χ0v) is 9.50. The van der Waals surface area contributed by atoms with Crippen LogP contribution in [-0.4, -0.2) is 25.8 Å². The average Bonchev–Trinajstić information content (AvgIpc) is 2.72. The number of nitrogens with zero attached hydrogens (tertiary/aromatic N) is 3. The molecule has 0 saturated heterocycles. The van der Waals surface area contributed by atoms with E-state index >= 15 is 0 Å². The number of hydrogen-bond donors (Lipinski definition) is 1. The van der Waals surface area contributed by atoms with Crippen LogP contribution in [0.3, 0.4) is 0 Å². The Balaban J connectivity index is 2.09. The molecule has 18 heavy (non-hydrogen) atoms. The second-order valence-electron chi connectivity index (χ2n) is 3.54. The number of ether oxygens (including phenoxy) is 1. The van der Waals surface area contributed by atoms with Crippen LogP contribution < -0.4 is 4.74 Å². The van der Waals surface area contributed by atoms with Crippen LogP contribution in [0.1, 0.15) is 16.2 Å². The topological polar surface area (TPSA) is 77.2 Å². The molecular formula is C11H10FN3O3. The van der Waals surface area contributed by atoms with Gasteiger partial charge in [0.2, 0.25) is 0 Å². The third-order valence-corrected chi connectivity index (χ3v) is 2.34. The van der Waals surface area contributed by atoms with Gasteiger partial charge in [-0.2, -0.15) is 5.10 Å². The number of halogens is 1. The van der Waals surface area contributed by atoms with Crippen molar-refractivity contribution in [2.45, 2.75) is 6.61 Å². The average molecular weight is 251 g/mol. The summed E-state index contributed by atoms with van der Waals surface area (Å²) in [6.45, 7) is 0.127. The second-order valence-corrected chi connectivity index (χ2v) is 3.54. The van der Waals surface area contributed by atoms with E-state index in [1.807, 2.05) is 0 Å². The molecular weight excluding hydrogens is 241 g/mol. The van der Waals surface area contributed by atoms with Crippen LogP contribution in [0.5, 0.6) is 5.75 Å². The molecule has 0 aliphatic heterocycles. The van der Waals surface area contributed by atoms with E-state index in [0.29, 0.717) is 5.82 Å². The molecule has 0 radical (unpaired) electrons. The number of aromatic nitrogens is 3. The molecule has 0 atom stereocenters. The van der Waals surface area contributed by atoms with Gasteiger partial charge in [-0.25, -0.2) is 14.2 Å². The first-order chi connectivity index (χ1) is 8.58. The van der Waals surface area contributed by atoms with Gasteiger partial charge in [0.1, 0.15) is 24.5 Å². The van der Waals surface area contributed by atoms with E-state index < -0.39 is 11.8 Å². The van der Waals surface area contributed by atoms with Gasteiger partial charge in [0.05, 0.1) is 5.56 Å². The smallest absolute Gasteiger partial charge is 0.338 e. The van der Waals surface area contributed by atoms with Crippen molar-refractivity contribution in [1.82, 2.24) is 14.8 Å². The highest BCUT2D eigenvalue weighted by Crippen LogP contribution is 2.17. The highest BCUT2D eigenvalue weighted by molar-refractivity contribution is 5.88. The number of carbonyl (C=O) groups is 1. The van der Waals surface area contributed by atoms with Crippen molar-refractivity contribution in [2.75, 3.05) is 0 Å². The third kappa shape index (κ3) is 2.45. The molecule has 0 amide bonds. The van der Waals surface area contributed by atoms with Crippen molar-refractivity contribution < 1.29 is 19.0 Å². The van der Waals surface area contributed by atoms with Gasteiger partial charge < -0.3 is 9.84 Å². The SMILES string of the molecule is Cn1ncnc1COc1ccc(C(=O)O)c(F)c1.